The van der Waals surface area contributed by atoms with E-state index < -0.39 is 5.97 Å². The van der Waals surface area contributed by atoms with Gasteiger partial charge in [0.2, 0.25) is 5.91 Å². The monoisotopic (exact) mass is 416 g/mol. The highest BCUT2D eigenvalue weighted by Crippen LogP contribution is 2.27. The first-order chi connectivity index (χ1) is 13.4. The fraction of sp³-hybridized carbons (Fsp3) is 0.286. The smallest absolute Gasteiger partial charge is 0.340 e. The number of esters is 1. The predicted molar refractivity (Wildman–Crippen MR) is 120 cm³/mol. The number of thioether (sulfide) groups is 1. The predicted octanol–water partition coefficient (Wildman–Crippen LogP) is 4.40. The number of carbonyl (C=O) groups excluding carboxylic acids is 2. The zero-order valence-electron chi connectivity index (χ0n) is 16.5. The van der Waals surface area contributed by atoms with Gasteiger partial charge in [-0.1, -0.05) is 30.4 Å². The van der Waals surface area contributed by atoms with Crippen molar-refractivity contribution >= 4 is 52.2 Å². The summed E-state index contributed by atoms with van der Waals surface area (Å²) >= 11 is 6.97. The van der Waals surface area contributed by atoms with Gasteiger partial charge in [-0.05, 0) is 43.5 Å². The van der Waals surface area contributed by atoms with Crippen LogP contribution in [0, 0.1) is 0 Å². The van der Waals surface area contributed by atoms with Gasteiger partial charge in [0.25, 0.3) is 0 Å². The van der Waals surface area contributed by atoms with Gasteiger partial charge in [-0.3, -0.25) is 4.79 Å². The summed E-state index contributed by atoms with van der Waals surface area (Å²) in [6.45, 7) is 2.02. The van der Waals surface area contributed by atoms with Crippen molar-refractivity contribution in [3.8, 4) is 0 Å². The van der Waals surface area contributed by atoms with Gasteiger partial charge in [-0.25, -0.2) is 4.79 Å². The summed E-state index contributed by atoms with van der Waals surface area (Å²) in [4.78, 5) is 29.9. The topological polar surface area (TPSA) is 49.9 Å². The minimum Gasteiger partial charge on any atom is -0.462 e. The summed E-state index contributed by atoms with van der Waals surface area (Å²) in [5, 5.41) is 0. The first kappa shape index (κ1) is 21.9. The summed E-state index contributed by atoms with van der Waals surface area (Å²) in [7, 11) is 3.48. The summed E-state index contributed by atoms with van der Waals surface area (Å²) in [6.07, 6.45) is 1.99. The molecule has 2 rings (SSSR count). The van der Waals surface area contributed by atoms with Gasteiger partial charge >= 0.3 is 5.97 Å². The molecule has 2 aromatic rings. The lowest BCUT2D eigenvalue weighted by Crippen LogP contribution is -2.34. The van der Waals surface area contributed by atoms with E-state index in [1.807, 2.05) is 54.6 Å². The standard InChI is InChI=1S/C21H24N2O3S2/c1-5-26-21(25)17-13-16(28-4)11-12-18(17)23(3)19(24)14-20(27)22(2)15-9-7-6-8-10-15/h6-13H,5,14H2,1-4H3. The number of hydrogen-bond donors (Lipinski definition) is 0. The van der Waals surface area contributed by atoms with Crippen LogP contribution in [0.1, 0.15) is 23.7 Å². The Bertz CT molecular complexity index is 856. The van der Waals surface area contributed by atoms with E-state index in [0.29, 0.717) is 16.2 Å². The number of para-hydroxylation sites is 1. The number of anilines is 2. The summed E-state index contributed by atoms with van der Waals surface area (Å²) in [6, 6.07) is 15.0. The molecule has 0 heterocycles. The summed E-state index contributed by atoms with van der Waals surface area (Å²) < 4.78 is 5.15. The van der Waals surface area contributed by atoms with Crippen molar-refractivity contribution in [1.29, 1.82) is 0 Å². The van der Waals surface area contributed by atoms with Gasteiger partial charge in [0.15, 0.2) is 0 Å². The number of nitrogens with zero attached hydrogens (tertiary/aromatic N) is 2. The van der Waals surface area contributed by atoms with Crippen molar-refractivity contribution in [2.45, 2.75) is 18.2 Å². The zero-order valence-corrected chi connectivity index (χ0v) is 18.1. The largest absolute Gasteiger partial charge is 0.462 e. The molecule has 0 radical (unpaired) electrons. The Morgan fingerprint density at radius 1 is 1.07 bits per heavy atom. The van der Waals surface area contributed by atoms with Crippen molar-refractivity contribution in [2.75, 3.05) is 36.8 Å². The second-order valence-electron chi connectivity index (χ2n) is 6.02. The molecule has 0 aliphatic heterocycles. The van der Waals surface area contributed by atoms with Crippen LogP contribution in [0.5, 0.6) is 0 Å². The highest BCUT2D eigenvalue weighted by molar-refractivity contribution is 7.98. The maximum atomic E-state index is 12.8. The van der Waals surface area contributed by atoms with E-state index in [-0.39, 0.29) is 18.9 Å². The number of hydrogen-bond acceptors (Lipinski definition) is 5. The van der Waals surface area contributed by atoms with E-state index in [9.17, 15) is 9.59 Å². The number of ether oxygens (including phenoxy) is 1. The van der Waals surface area contributed by atoms with Gasteiger partial charge in [-0.15, -0.1) is 11.8 Å². The van der Waals surface area contributed by atoms with Gasteiger partial charge < -0.3 is 14.5 Å². The first-order valence-corrected chi connectivity index (χ1v) is 10.5. The fourth-order valence-corrected chi connectivity index (χ4v) is 3.27. The Morgan fingerprint density at radius 3 is 2.36 bits per heavy atom. The minimum absolute atomic E-state index is 0.0593. The Balaban J connectivity index is 2.20. The minimum atomic E-state index is -0.447. The summed E-state index contributed by atoms with van der Waals surface area (Å²) in [5.74, 6) is -0.646. The van der Waals surface area contributed by atoms with Crippen LogP contribution in [0.2, 0.25) is 0 Å². The van der Waals surface area contributed by atoms with Crippen LogP contribution in [0.3, 0.4) is 0 Å². The van der Waals surface area contributed by atoms with Crippen molar-refractivity contribution in [2.24, 2.45) is 0 Å². The third kappa shape index (κ3) is 5.33. The molecule has 0 N–H and O–H groups in total. The maximum Gasteiger partial charge on any atom is 0.340 e. The molecule has 0 bridgehead atoms. The molecule has 7 heteroatoms. The molecular formula is C21H24N2O3S2. The molecule has 0 aliphatic carbocycles. The van der Waals surface area contributed by atoms with Crippen LogP contribution in [-0.2, 0) is 9.53 Å². The number of thiocarbonyl (C=S) groups is 1. The first-order valence-electron chi connectivity index (χ1n) is 8.82. The van der Waals surface area contributed by atoms with Crippen LogP contribution in [0.25, 0.3) is 0 Å². The molecule has 0 spiro atoms. The van der Waals surface area contributed by atoms with Crippen molar-refractivity contribution in [3.63, 3.8) is 0 Å². The third-order valence-electron chi connectivity index (χ3n) is 4.25. The molecular weight excluding hydrogens is 392 g/mol. The highest BCUT2D eigenvalue weighted by Gasteiger charge is 2.22. The Morgan fingerprint density at radius 2 is 1.75 bits per heavy atom. The fourth-order valence-electron chi connectivity index (χ4n) is 2.60. The van der Waals surface area contributed by atoms with E-state index >= 15 is 0 Å². The van der Waals surface area contributed by atoms with Gasteiger partial charge in [-0.2, -0.15) is 0 Å². The van der Waals surface area contributed by atoms with Crippen LogP contribution in [-0.4, -0.2) is 43.8 Å². The van der Waals surface area contributed by atoms with Crippen molar-refractivity contribution < 1.29 is 14.3 Å². The van der Waals surface area contributed by atoms with Gasteiger partial charge in [0.1, 0.15) is 0 Å². The Hall–Kier alpha value is -2.38. The normalized spacial score (nSPS) is 10.3. The lowest BCUT2D eigenvalue weighted by atomic mass is 10.1. The highest BCUT2D eigenvalue weighted by atomic mass is 32.2. The molecule has 0 aliphatic rings. The van der Waals surface area contributed by atoms with Crippen molar-refractivity contribution in [1.82, 2.24) is 0 Å². The second-order valence-corrected chi connectivity index (χ2v) is 7.37. The third-order valence-corrected chi connectivity index (χ3v) is 5.40. The second kappa shape index (κ2) is 10.2. The van der Waals surface area contributed by atoms with Crippen LogP contribution >= 0.6 is 24.0 Å². The zero-order chi connectivity index (χ0) is 20.7. The number of benzene rings is 2. The van der Waals surface area contributed by atoms with E-state index in [4.69, 9.17) is 17.0 Å². The molecule has 28 heavy (non-hydrogen) atoms. The molecule has 0 aromatic heterocycles. The van der Waals surface area contributed by atoms with Crippen LogP contribution in [0.4, 0.5) is 11.4 Å². The molecule has 0 atom stereocenters. The number of amides is 1. The molecule has 0 unspecified atom stereocenters. The quantitative estimate of drug-likeness (QED) is 0.379. The lowest BCUT2D eigenvalue weighted by Gasteiger charge is -2.24. The Labute approximate surface area is 175 Å². The Kier molecular flexibility index (Phi) is 8.02. The van der Waals surface area contributed by atoms with Crippen LogP contribution in [0.15, 0.2) is 53.4 Å². The summed E-state index contributed by atoms with van der Waals surface area (Å²) in [5.41, 5.74) is 1.79. The molecule has 1 amide bonds. The molecule has 148 valence electrons. The van der Waals surface area contributed by atoms with E-state index in [2.05, 4.69) is 0 Å². The van der Waals surface area contributed by atoms with E-state index in [0.717, 1.165) is 10.6 Å². The molecule has 0 saturated carbocycles. The SMILES string of the molecule is CCOC(=O)c1cc(SC)ccc1N(C)C(=O)CC(=S)N(C)c1ccccc1. The average Bonchev–Trinajstić information content (AvgIpc) is 2.72. The average molecular weight is 417 g/mol. The lowest BCUT2D eigenvalue weighted by molar-refractivity contribution is -0.117. The number of rotatable bonds is 7. The number of carbonyl (C=O) groups is 2. The molecule has 2 aromatic carbocycles. The van der Waals surface area contributed by atoms with Gasteiger partial charge in [0.05, 0.1) is 29.3 Å². The van der Waals surface area contributed by atoms with Gasteiger partial charge in [0, 0.05) is 24.7 Å². The van der Waals surface area contributed by atoms with E-state index in [1.165, 1.54) is 16.7 Å². The molecule has 5 nitrogen and oxygen atoms in total. The van der Waals surface area contributed by atoms with Crippen LogP contribution < -0.4 is 9.80 Å². The van der Waals surface area contributed by atoms with Crippen molar-refractivity contribution in [3.05, 3.63) is 54.1 Å². The van der Waals surface area contributed by atoms with E-state index in [1.54, 1.807) is 26.1 Å². The molecule has 0 fully saturated rings. The molecule has 0 saturated heterocycles. The maximum absolute atomic E-state index is 12.8.